The number of carbonyl (C=O) groups excluding carboxylic acids is 1. The van der Waals surface area contributed by atoms with Crippen molar-refractivity contribution in [2.75, 3.05) is 0 Å². The van der Waals surface area contributed by atoms with Crippen LogP contribution in [0, 0.1) is 6.92 Å². The second-order valence-electron chi connectivity index (χ2n) is 1.59. The summed E-state index contributed by atoms with van der Waals surface area (Å²) in [5, 5.41) is 0. The van der Waals surface area contributed by atoms with Crippen LogP contribution in [0.15, 0.2) is 16.7 Å². The second-order valence-corrected chi connectivity index (χ2v) is 1.59. The predicted molar refractivity (Wildman–Crippen MR) is 29.9 cm³/mol. The molecule has 0 atom stereocenters. The number of aryl methyl sites for hydroxylation is 1. The molecule has 2 nitrogen and oxygen atoms in total. The normalized spacial score (nSPS) is 8.11. The minimum Gasteiger partial charge on any atom is -1.00 e. The van der Waals surface area contributed by atoms with E-state index in [0.29, 0.717) is 12.0 Å². The van der Waals surface area contributed by atoms with Gasteiger partial charge in [0.2, 0.25) is 0 Å². The first-order valence-corrected chi connectivity index (χ1v) is 2.34. The molecule has 0 spiro atoms. The monoisotopic (exact) mass is 134 g/mol. The van der Waals surface area contributed by atoms with Crippen LogP contribution in [0.3, 0.4) is 0 Å². The maximum Gasteiger partial charge on any atom is 1.00 e. The maximum atomic E-state index is 9.99. The molecule has 1 aromatic heterocycles. The van der Waals surface area contributed by atoms with Gasteiger partial charge in [0, 0.05) is 0 Å². The molecule has 0 amide bonds. The molecule has 44 valence electrons. The Labute approximate surface area is 77.0 Å². The molecule has 0 aliphatic carbocycles. The molecular weight excluding hydrogens is 127 g/mol. The van der Waals surface area contributed by atoms with Crippen molar-refractivity contribution in [2.45, 2.75) is 6.92 Å². The molecular formula is C6H7NaO2. The molecule has 1 rings (SSSR count). The van der Waals surface area contributed by atoms with E-state index in [-0.39, 0.29) is 31.0 Å². The van der Waals surface area contributed by atoms with Crippen LogP contribution in [0.2, 0.25) is 0 Å². The Morgan fingerprint density at radius 2 is 2.44 bits per heavy atom. The van der Waals surface area contributed by atoms with E-state index >= 15 is 0 Å². The van der Waals surface area contributed by atoms with Gasteiger partial charge in [-0.05, 0) is 18.6 Å². The Bertz CT molecular complexity index is 197. The number of aldehydes is 1. The van der Waals surface area contributed by atoms with E-state index < -0.39 is 0 Å². The molecule has 9 heavy (non-hydrogen) atoms. The zero-order valence-electron chi connectivity index (χ0n) is 6.55. The number of rotatable bonds is 1. The molecule has 0 unspecified atom stereocenters. The zero-order chi connectivity index (χ0) is 5.98. The molecule has 0 radical (unpaired) electrons. The van der Waals surface area contributed by atoms with E-state index in [2.05, 4.69) is 0 Å². The van der Waals surface area contributed by atoms with E-state index in [1.807, 2.05) is 6.92 Å². The van der Waals surface area contributed by atoms with Crippen molar-refractivity contribution in [3.8, 4) is 0 Å². The van der Waals surface area contributed by atoms with Crippen LogP contribution in [-0.4, -0.2) is 6.29 Å². The largest absolute Gasteiger partial charge is 1.00 e. The maximum absolute atomic E-state index is 9.99. The van der Waals surface area contributed by atoms with Crippen molar-refractivity contribution in [1.82, 2.24) is 0 Å². The summed E-state index contributed by atoms with van der Waals surface area (Å²) < 4.78 is 4.75. The molecule has 0 fully saturated rings. The van der Waals surface area contributed by atoms with Crippen molar-refractivity contribution in [3.63, 3.8) is 0 Å². The summed E-state index contributed by atoms with van der Waals surface area (Å²) in [5.41, 5.74) is 0.889. The smallest absolute Gasteiger partial charge is 1.00 e. The van der Waals surface area contributed by atoms with E-state index in [0.717, 1.165) is 5.56 Å². The number of furan rings is 1. The Kier molecular flexibility index (Phi) is 3.86. The third kappa shape index (κ3) is 1.97. The average Bonchev–Trinajstić information content (AvgIpc) is 2.14. The summed E-state index contributed by atoms with van der Waals surface area (Å²) in [4.78, 5) is 9.99. The van der Waals surface area contributed by atoms with E-state index in [9.17, 15) is 4.79 Å². The first-order valence-electron chi connectivity index (χ1n) is 2.34. The van der Waals surface area contributed by atoms with Gasteiger partial charge in [0.1, 0.15) is 0 Å². The van der Waals surface area contributed by atoms with Crippen molar-refractivity contribution in [1.29, 1.82) is 0 Å². The number of hydrogen-bond acceptors (Lipinski definition) is 2. The molecule has 0 aliphatic heterocycles. The minimum absolute atomic E-state index is 0. The van der Waals surface area contributed by atoms with Gasteiger partial charge in [-0.3, -0.25) is 4.79 Å². The molecule has 1 heterocycles. The Hall–Kier alpha value is -0.0500. The molecule has 0 saturated heterocycles. The quantitative estimate of drug-likeness (QED) is 0.346. The van der Waals surface area contributed by atoms with Crippen LogP contribution in [0.5, 0.6) is 0 Å². The molecule has 0 bridgehead atoms. The van der Waals surface area contributed by atoms with Crippen LogP contribution in [0.25, 0.3) is 0 Å². The number of carbonyl (C=O) groups is 1. The first-order chi connectivity index (χ1) is 3.84. The predicted octanol–water partition coefficient (Wildman–Crippen LogP) is -1.48. The summed E-state index contributed by atoms with van der Waals surface area (Å²) in [6.45, 7) is 1.83. The van der Waals surface area contributed by atoms with Crippen LogP contribution in [0.1, 0.15) is 17.5 Å². The minimum atomic E-state index is 0. The van der Waals surface area contributed by atoms with Crippen molar-refractivity contribution in [3.05, 3.63) is 23.7 Å². The van der Waals surface area contributed by atoms with Crippen LogP contribution >= 0.6 is 0 Å². The van der Waals surface area contributed by atoms with Crippen LogP contribution in [-0.2, 0) is 0 Å². The molecule has 1 aromatic rings. The summed E-state index contributed by atoms with van der Waals surface area (Å²) in [5.74, 6) is 0.421. The molecule has 3 heteroatoms. The van der Waals surface area contributed by atoms with Gasteiger partial charge >= 0.3 is 29.6 Å². The fourth-order valence-corrected chi connectivity index (χ4v) is 0.505. The van der Waals surface area contributed by atoms with Crippen molar-refractivity contribution < 1.29 is 40.2 Å². The zero-order valence-corrected chi connectivity index (χ0v) is 7.55. The van der Waals surface area contributed by atoms with Gasteiger partial charge in [0.15, 0.2) is 12.0 Å². The summed E-state index contributed by atoms with van der Waals surface area (Å²) >= 11 is 0. The Morgan fingerprint density at radius 1 is 1.78 bits per heavy atom. The number of hydrogen-bond donors (Lipinski definition) is 0. The molecule has 0 aromatic carbocycles. The first kappa shape index (κ1) is 8.95. The van der Waals surface area contributed by atoms with Gasteiger partial charge in [0.05, 0.1) is 6.26 Å². The van der Waals surface area contributed by atoms with Gasteiger partial charge in [-0.25, -0.2) is 0 Å². The summed E-state index contributed by atoms with van der Waals surface area (Å²) in [6, 6.07) is 1.75. The average molecular weight is 134 g/mol. The Morgan fingerprint density at radius 3 is 2.67 bits per heavy atom. The van der Waals surface area contributed by atoms with Crippen molar-refractivity contribution >= 4 is 6.29 Å². The van der Waals surface area contributed by atoms with Gasteiger partial charge in [-0.1, -0.05) is 0 Å². The van der Waals surface area contributed by atoms with E-state index in [1.54, 1.807) is 6.07 Å². The van der Waals surface area contributed by atoms with Gasteiger partial charge < -0.3 is 5.84 Å². The van der Waals surface area contributed by atoms with Gasteiger partial charge in [-0.15, -0.1) is 0 Å². The van der Waals surface area contributed by atoms with Gasteiger partial charge in [0.25, 0.3) is 0 Å². The second kappa shape index (κ2) is 3.88. The van der Waals surface area contributed by atoms with Gasteiger partial charge in [-0.2, -0.15) is 0 Å². The molecule has 0 aliphatic rings. The fraction of sp³-hybridized carbons (Fsp3) is 0.167. The van der Waals surface area contributed by atoms with Crippen LogP contribution < -0.4 is 29.6 Å². The summed E-state index contributed by atoms with van der Waals surface area (Å²) in [7, 11) is 0. The SMILES string of the molecule is Cc1ccoc1C=O.[H-].[Na+]. The van der Waals surface area contributed by atoms with Crippen LogP contribution in [0.4, 0.5) is 0 Å². The Balaban J connectivity index is 0. The standard InChI is InChI=1S/C6H6O2.Na.H/c1-5-2-3-8-6(5)4-7;;/h2-4H,1H3;;/q;+1;-1. The third-order valence-electron chi connectivity index (χ3n) is 1.01. The fourth-order valence-electron chi connectivity index (χ4n) is 0.505. The van der Waals surface area contributed by atoms with Crippen molar-refractivity contribution in [2.24, 2.45) is 0 Å². The topological polar surface area (TPSA) is 30.2 Å². The van der Waals surface area contributed by atoms with E-state index in [1.165, 1.54) is 6.26 Å². The molecule has 0 N–H and O–H groups in total. The summed E-state index contributed by atoms with van der Waals surface area (Å²) in [6.07, 6.45) is 2.20. The molecule has 0 saturated carbocycles. The third-order valence-corrected chi connectivity index (χ3v) is 1.01. The van der Waals surface area contributed by atoms with E-state index in [4.69, 9.17) is 4.42 Å².